The molecule has 2 aromatic rings. The summed E-state index contributed by atoms with van der Waals surface area (Å²) in [5.74, 6) is -2.78. The van der Waals surface area contributed by atoms with Gasteiger partial charge >= 0.3 is 5.97 Å². The van der Waals surface area contributed by atoms with Crippen LogP contribution in [-0.2, 0) is 14.8 Å². The van der Waals surface area contributed by atoms with Gasteiger partial charge in [-0.3, -0.25) is 19.9 Å². The van der Waals surface area contributed by atoms with Crippen molar-refractivity contribution in [3.63, 3.8) is 0 Å². The van der Waals surface area contributed by atoms with Gasteiger partial charge in [0, 0.05) is 31.5 Å². The Morgan fingerprint density at radius 2 is 1.86 bits per heavy atom. The third-order valence-electron chi connectivity index (χ3n) is 5.80. The molecule has 0 radical (unpaired) electrons. The van der Waals surface area contributed by atoms with Crippen molar-refractivity contribution in [2.45, 2.75) is 25.9 Å². The van der Waals surface area contributed by atoms with Gasteiger partial charge in [0.15, 0.2) is 5.75 Å². The molecule has 37 heavy (non-hydrogen) atoms. The van der Waals surface area contributed by atoms with Crippen LogP contribution in [0.4, 0.5) is 10.1 Å². The lowest BCUT2D eigenvalue weighted by atomic mass is 10.1. The summed E-state index contributed by atoms with van der Waals surface area (Å²) in [4.78, 5) is 13.2. The lowest BCUT2D eigenvalue weighted by Crippen LogP contribution is -2.40. The molecule has 0 aliphatic carbocycles. The van der Waals surface area contributed by atoms with Gasteiger partial charge in [0.1, 0.15) is 23.5 Å². The molecule has 5 N–H and O–H groups in total. The number of nitrogen functional groups attached to an aromatic ring is 1. The predicted molar refractivity (Wildman–Crippen MR) is 140 cm³/mol. The largest absolute Gasteiger partial charge is 0.490 e. The first kappa shape index (κ1) is 27.7. The Hall–Kier alpha value is -3.93. The van der Waals surface area contributed by atoms with Crippen molar-refractivity contribution in [3.8, 4) is 5.75 Å². The Morgan fingerprint density at radius 3 is 2.43 bits per heavy atom. The average Bonchev–Trinajstić information content (AvgIpc) is 2.83. The number of sulfonamides is 1. The quantitative estimate of drug-likeness (QED) is 0.271. The monoisotopic (exact) mass is 531 g/mol. The first-order valence-electron chi connectivity index (χ1n) is 11.5. The first-order valence-corrected chi connectivity index (χ1v) is 13.1. The van der Waals surface area contributed by atoms with Crippen LogP contribution >= 0.6 is 0 Å². The average molecular weight is 532 g/mol. The third-order valence-corrected chi connectivity index (χ3v) is 7.42. The van der Waals surface area contributed by atoms with Crippen molar-refractivity contribution < 1.29 is 27.4 Å². The molecule has 0 spiro atoms. The Bertz CT molecular complexity index is 1290. The highest BCUT2D eigenvalue weighted by atomic mass is 32.2. The van der Waals surface area contributed by atoms with Crippen LogP contribution in [0.1, 0.15) is 30.9 Å². The fourth-order valence-electron chi connectivity index (χ4n) is 3.94. The molecule has 12 heteroatoms. The topological polar surface area (TPSA) is 161 Å². The van der Waals surface area contributed by atoms with E-state index in [0.29, 0.717) is 40.1 Å². The highest BCUT2D eigenvalue weighted by Gasteiger charge is 2.27. The van der Waals surface area contributed by atoms with Gasteiger partial charge in [0.05, 0.1) is 18.1 Å². The van der Waals surface area contributed by atoms with E-state index >= 15 is 0 Å². The number of hydrogen-bond acceptors (Lipinski definition) is 6. The SMILES string of the molecule is CC(=N)N1CCC(Oc2ccc(N(C/C(F)=C\c3cccc(C(=N)N)c3)S(=O)(=O)CC(=O)O)cc2)CC1. The Morgan fingerprint density at radius 1 is 1.22 bits per heavy atom. The molecule has 1 aliphatic heterocycles. The summed E-state index contributed by atoms with van der Waals surface area (Å²) in [5.41, 5.74) is 6.30. The Kier molecular flexibility index (Phi) is 8.87. The zero-order chi connectivity index (χ0) is 27.2. The molecule has 0 saturated carbocycles. The second-order valence-electron chi connectivity index (χ2n) is 8.67. The van der Waals surface area contributed by atoms with Crippen LogP contribution in [0.15, 0.2) is 54.4 Å². The van der Waals surface area contributed by atoms with Crippen LogP contribution in [0, 0.1) is 10.8 Å². The number of carboxylic acids is 1. The number of halogens is 1. The van der Waals surface area contributed by atoms with Gasteiger partial charge in [-0.1, -0.05) is 18.2 Å². The number of likely N-dealkylation sites (tertiary alicyclic amines) is 1. The van der Waals surface area contributed by atoms with Crippen molar-refractivity contribution in [2.24, 2.45) is 5.73 Å². The van der Waals surface area contributed by atoms with Crippen LogP contribution in [0.5, 0.6) is 5.75 Å². The molecule has 0 aromatic heterocycles. The maximum atomic E-state index is 15.0. The fourth-order valence-corrected chi connectivity index (χ4v) is 5.17. The summed E-state index contributed by atoms with van der Waals surface area (Å²) in [6.07, 6.45) is 2.52. The molecule has 0 bridgehead atoms. The van der Waals surface area contributed by atoms with Gasteiger partial charge in [-0.05, 0) is 48.9 Å². The van der Waals surface area contributed by atoms with Crippen molar-refractivity contribution >= 4 is 39.4 Å². The van der Waals surface area contributed by atoms with Crippen LogP contribution in [0.25, 0.3) is 6.08 Å². The van der Waals surface area contributed by atoms with E-state index in [-0.39, 0.29) is 17.6 Å². The van der Waals surface area contributed by atoms with E-state index in [1.54, 1.807) is 37.3 Å². The van der Waals surface area contributed by atoms with E-state index in [0.717, 1.165) is 18.9 Å². The fraction of sp³-hybridized carbons (Fsp3) is 0.320. The summed E-state index contributed by atoms with van der Waals surface area (Å²) < 4.78 is 47.3. The van der Waals surface area contributed by atoms with Gasteiger partial charge in [0.2, 0.25) is 10.0 Å². The first-order chi connectivity index (χ1) is 17.4. The van der Waals surface area contributed by atoms with Gasteiger partial charge in [-0.25, -0.2) is 12.8 Å². The standard InChI is InChI=1S/C25H30FN5O5S/c1-17(27)30-11-9-23(10-12-30)36-22-7-5-21(6-8-22)31(37(34,35)16-24(32)33)15-20(26)14-18-3-2-4-19(13-18)25(28)29/h2-8,13-14,23,27H,9-12,15-16H2,1H3,(H3,28,29)(H,32,33)/b20-14+,27-17?. The molecule has 198 valence electrons. The van der Waals surface area contributed by atoms with E-state index in [2.05, 4.69) is 0 Å². The lowest BCUT2D eigenvalue weighted by molar-refractivity contribution is -0.134. The van der Waals surface area contributed by atoms with Crippen molar-refractivity contribution in [1.82, 2.24) is 4.90 Å². The number of piperidine rings is 1. The van der Waals surface area contributed by atoms with E-state index in [9.17, 15) is 17.6 Å². The molecule has 0 unspecified atom stereocenters. The van der Waals surface area contributed by atoms with E-state index < -0.39 is 34.1 Å². The highest BCUT2D eigenvalue weighted by molar-refractivity contribution is 7.93. The number of carboxylic acid groups (broad SMARTS) is 1. The molecule has 0 atom stereocenters. The highest BCUT2D eigenvalue weighted by Crippen LogP contribution is 2.26. The smallest absolute Gasteiger partial charge is 0.320 e. The molecule has 2 aromatic carbocycles. The van der Waals surface area contributed by atoms with Gasteiger partial charge in [-0.2, -0.15) is 0 Å². The minimum Gasteiger partial charge on any atom is -0.490 e. The Balaban J connectivity index is 1.79. The maximum Gasteiger partial charge on any atom is 0.320 e. The second-order valence-corrected chi connectivity index (χ2v) is 10.6. The number of benzene rings is 2. The number of nitrogens with zero attached hydrogens (tertiary/aromatic N) is 2. The van der Waals surface area contributed by atoms with Crippen molar-refractivity contribution in [2.75, 3.05) is 29.7 Å². The summed E-state index contributed by atoms with van der Waals surface area (Å²) in [6.45, 7) is 2.44. The lowest BCUT2D eigenvalue weighted by Gasteiger charge is -2.32. The number of carbonyl (C=O) groups is 1. The number of hydrogen-bond donors (Lipinski definition) is 4. The predicted octanol–water partition coefficient (Wildman–Crippen LogP) is 3.04. The number of anilines is 1. The van der Waals surface area contributed by atoms with Crippen LogP contribution < -0.4 is 14.8 Å². The molecule has 1 heterocycles. The molecule has 1 aliphatic rings. The number of aliphatic carboxylic acids is 1. The number of amidine groups is 2. The number of nitrogens with one attached hydrogen (secondary N) is 2. The zero-order valence-corrected chi connectivity index (χ0v) is 21.2. The van der Waals surface area contributed by atoms with Crippen LogP contribution in [0.2, 0.25) is 0 Å². The Labute approximate surface area is 215 Å². The van der Waals surface area contributed by atoms with Gasteiger partial charge in [0.25, 0.3) is 0 Å². The maximum absolute atomic E-state index is 15.0. The summed E-state index contributed by atoms with van der Waals surface area (Å²) in [7, 11) is -4.41. The van der Waals surface area contributed by atoms with Gasteiger partial charge in [-0.15, -0.1) is 0 Å². The molecule has 1 fully saturated rings. The summed E-state index contributed by atoms with van der Waals surface area (Å²) in [5, 5.41) is 24.3. The minimum absolute atomic E-state index is 0.0561. The van der Waals surface area contributed by atoms with Crippen LogP contribution in [-0.4, -0.2) is 67.6 Å². The van der Waals surface area contributed by atoms with Crippen molar-refractivity contribution in [3.05, 3.63) is 65.5 Å². The molecule has 3 rings (SSSR count). The number of nitrogens with two attached hydrogens (primary N) is 1. The molecule has 0 amide bonds. The van der Waals surface area contributed by atoms with E-state index in [1.165, 1.54) is 18.2 Å². The van der Waals surface area contributed by atoms with E-state index in [4.69, 9.17) is 26.4 Å². The van der Waals surface area contributed by atoms with Crippen LogP contribution in [0.3, 0.4) is 0 Å². The van der Waals surface area contributed by atoms with Crippen molar-refractivity contribution in [1.29, 1.82) is 10.8 Å². The minimum atomic E-state index is -4.41. The normalized spacial score (nSPS) is 14.8. The molecule has 10 nitrogen and oxygen atoms in total. The van der Waals surface area contributed by atoms with Gasteiger partial charge < -0.3 is 20.5 Å². The van der Waals surface area contributed by atoms with E-state index in [1.807, 2.05) is 4.90 Å². The number of rotatable bonds is 10. The second kappa shape index (κ2) is 11.9. The molecule has 1 saturated heterocycles. The number of ether oxygens (including phenoxy) is 1. The summed E-state index contributed by atoms with van der Waals surface area (Å²) in [6, 6.07) is 12.2. The molecular weight excluding hydrogens is 501 g/mol. The summed E-state index contributed by atoms with van der Waals surface area (Å²) >= 11 is 0. The third kappa shape index (κ3) is 7.78. The molecular formula is C25H30FN5O5S. The zero-order valence-electron chi connectivity index (χ0n) is 20.4.